The Morgan fingerprint density at radius 3 is 2.87 bits per heavy atom. The Hall–Kier alpha value is -1.32. The Morgan fingerprint density at radius 1 is 1.53 bits per heavy atom. The summed E-state index contributed by atoms with van der Waals surface area (Å²) in [6, 6.07) is 7.29. The van der Waals surface area contributed by atoms with Gasteiger partial charge in [0, 0.05) is 10.6 Å². The molecule has 1 aromatic rings. The predicted molar refractivity (Wildman–Crippen MR) is 58.8 cm³/mol. The second-order valence-electron chi connectivity index (χ2n) is 3.33. The van der Waals surface area contributed by atoms with Crippen LogP contribution in [-0.2, 0) is 4.84 Å². The molecule has 0 saturated heterocycles. The fourth-order valence-electron chi connectivity index (χ4n) is 1.39. The van der Waals surface area contributed by atoms with E-state index < -0.39 is 5.79 Å². The summed E-state index contributed by atoms with van der Waals surface area (Å²) in [5, 5.41) is 14.1. The highest BCUT2D eigenvalue weighted by Crippen LogP contribution is 2.28. The topological polar surface area (TPSA) is 41.8 Å². The lowest BCUT2D eigenvalue weighted by Gasteiger charge is -2.13. The molecule has 4 heteroatoms. The van der Waals surface area contributed by atoms with E-state index in [9.17, 15) is 5.11 Å². The molecule has 3 nitrogen and oxygen atoms in total. The zero-order valence-electron chi connectivity index (χ0n) is 7.98. The first-order valence-electron chi connectivity index (χ1n) is 4.50. The average Bonchev–Trinajstić information content (AvgIpc) is 2.63. The summed E-state index contributed by atoms with van der Waals surface area (Å²) in [7, 11) is 0. The highest BCUT2D eigenvalue weighted by Gasteiger charge is 2.34. The van der Waals surface area contributed by atoms with Crippen molar-refractivity contribution < 1.29 is 9.94 Å². The van der Waals surface area contributed by atoms with Crippen LogP contribution < -0.4 is 0 Å². The second-order valence-corrected chi connectivity index (χ2v) is 3.74. The third-order valence-electron chi connectivity index (χ3n) is 2.24. The number of aliphatic hydroxyl groups is 1. The lowest BCUT2D eigenvalue weighted by Crippen LogP contribution is -2.25. The highest BCUT2D eigenvalue weighted by atomic mass is 35.5. The third-order valence-corrected chi connectivity index (χ3v) is 2.57. The molecule has 0 aromatic heterocycles. The van der Waals surface area contributed by atoms with Crippen molar-refractivity contribution in [1.82, 2.24) is 0 Å². The molecule has 0 spiro atoms. The van der Waals surface area contributed by atoms with Gasteiger partial charge in [0.05, 0.1) is 12.1 Å². The first-order chi connectivity index (χ1) is 7.14. The first kappa shape index (κ1) is 10.2. The van der Waals surface area contributed by atoms with Crippen molar-refractivity contribution in [3.63, 3.8) is 0 Å². The third kappa shape index (κ3) is 1.89. The fourth-order valence-corrected chi connectivity index (χ4v) is 1.63. The van der Waals surface area contributed by atoms with E-state index in [0.717, 1.165) is 5.56 Å². The normalized spacial score (nSPS) is 24.5. The standard InChI is InChI=1S/C11H10ClNO2/c1-2-11(14)7-10(13-15-11)8-5-3-4-6-9(8)12/h2-6,14H,1,7H2/t11-/m0/s1. The van der Waals surface area contributed by atoms with Crippen LogP contribution in [0.2, 0.25) is 5.02 Å². The van der Waals surface area contributed by atoms with Gasteiger partial charge in [0.1, 0.15) is 0 Å². The Kier molecular flexibility index (Phi) is 2.50. The maximum atomic E-state index is 9.72. The van der Waals surface area contributed by atoms with Crippen molar-refractivity contribution in [3.8, 4) is 0 Å². The van der Waals surface area contributed by atoms with Crippen molar-refractivity contribution in [2.75, 3.05) is 0 Å². The van der Waals surface area contributed by atoms with Crippen LogP contribution in [0.15, 0.2) is 42.1 Å². The number of nitrogens with zero attached hydrogens (tertiary/aromatic N) is 1. The monoisotopic (exact) mass is 223 g/mol. The average molecular weight is 224 g/mol. The second kappa shape index (κ2) is 3.68. The molecule has 0 aliphatic carbocycles. The van der Waals surface area contributed by atoms with Gasteiger partial charge in [-0.25, -0.2) is 0 Å². The molecule has 1 aromatic carbocycles. The largest absolute Gasteiger partial charge is 0.355 e. The van der Waals surface area contributed by atoms with Gasteiger partial charge in [-0.3, -0.25) is 0 Å². The van der Waals surface area contributed by atoms with Crippen LogP contribution in [0.1, 0.15) is 12.0 Å². The van der Waals surface area contributed by atoms with Gasteiger partial charge in [-0.05, 0) is 12.1 Å². The maximum absolute atomic E-state index is 9.72. The molecule has 0 radical (unpaired) electrons. The van der Waals surface area contributed by atoms with Gasteiger partial charge in [-0.1, -0.05) is 41.5 Å². The molecule has 0 bridgehead atoms. The molecular weight excluding hydrogens is 214 g/mol. The zero-order chi connectivity index (χ0) is 10.9. The van der Waals surface area contributed by atoms with E-state index in [0.29, 0.717) is 10.7 Å². The summed E-state index contributed by atoms with van der Waals surface area (Å²) < 4.78 is 0. The van der Waals surface area contributed by atoms with Crippen LogP contribution in [0.25, 0.3) is 0 Å². The van der Waals surface area contributed by atoms with Crippen LogP contribution in [0.4, 0.5) is 0 Å². The van der Waals surface area contributed by atoms with Crippen molar-refractivity contribution in [2.45, 2.75) is 12.2 Å². The van der Waals surface area contributed by atoms with Gasteiger partial charge in [-0.15, -0.1) is 0 Å². The zero-order valence-corrected chi connectivity index (χ0v) is 8.74. The number of rotatable bonds is 2. The molecule has 0 fully saturated rings. The molecule has 2 rings (SSSR count). The van der Waals surface area contributed by atoms with E-state index in [2.05, 4.69) is 11.7 Å². The summed E-state index contributed by atoms with van der Waals surface area (Å²) in [6.45, 7) is 3.48. The molecule has 0 saturated carbocycles. The lowest BCUT2D eigenvalue weighted by atomic mass is 10.0. The van der Waals surface area contributed by atoms with Crippen molar-refractivity contribution in [3.05, 3.63) is 47.5 Å². The van der Waals surface area contributed by atoms with Crippen LogP contribution in [0, 0.1) is 0 Å². The smallest absolute Gasteiger partial charge is 0.259 e. The summed E-state index contributed by atoms with van der Waals surface area (Å²) in [5.74, 6) is -1.39. The Morgan fingerprint density at radius 2 is 2.27 bits per heavy atom. The Balaban J connectivity index is 2.29. The molecule has 0 unspecified atom stereocenters. The minimum Gasteiger partial charge on any atom is -0.355 e. The summed E-state index contributed by atoms with van der Waals surface area (Å²) in [6.07, 6.45) is 1.58. The van der Waals surface area contributed by atoms with Gasteiger partial charge in [-0.2, -0.15) is 0 Å². The van der Waals surface area contributed by atoms with Crippen molar-refractivity contribution in [1.29, 1.82) is 0 Å². The molecule has 1 N–H and O–H groups in total. The van der Waals surface area contributed by atoms with E-state index in [4.69, 9.17) is 16.4 Å². The number of halogens is 1. The van der Waals surface area contributed by atoms with Gasteiger partial charge in [0.2, 0.25) is 0 Å². The summed E-state index contributed by atoms with van der Waals surface area (Å²) >= 11 is 6.00. The van der Waals surface area contributed by atoms with Crippen LogP contribution in [-0.4, -0.2) is 16.6 Å². The molecule has 1 heterocycles. The fraction of sp³-hybridized carbons (Fsp3) is 0.182. The molecule has 15 heavy (non-hydrogen) atoms. The number of oxime groups is 1. The van der Waals surface area contributed by atoms with Crippen molar-refractivity contribution >= 4 is 17.3 Å². The van der Waals surface area contributed by atoms with E-state index in [1.54, 1.807) is 6.07 Å². The minimum atomic E-state index is -1.39. The van der Waals surface area contributed by atoms with Gasteiger partial charge < -0.3 is 9.94 Å². The van der Waals surface area contributed by atoms with E-state index >= 15 is 0 Å². The Bertz CT molecular complexity index is 430. The maximum Gasteiger partial charge on any atom is 0.259 e. The lowest BCUT2D eigenvalue weighted by molar-refractivity contribution is -0.146. The van der Waals surface area contributed by atoms with Crippen molar-refractivity contribution in [2.24, 2.45) is 5.16 Å². The molecule has 1 aliphatic heterocycles. The van der Waals surface area contributed by atoms with Gasteiger partial charge in [0.15, 0.2) is 0 Å². The SMILES string of the molecule is C=C[C@@]1(O)CC(c2ccccc2Cl)=NO1. The quantitative estimate of drug-likeness (QED) is 0.782. The Labute approximate surface area is 92.6 Å². The molecular formula is C11H10ClNO2. The number of hydrogen-bond donors (Lipinski definition) is 1. The summed E-state index contributed by atoms with van der Waals surface area (Å²) in [5.41, 5.74) is 1.40. The van der Waals surface area contributed by atoms with Crippen LogP contribution in [0.3, 0.4) is 0 Å². The van der Waals surface area contributed by atoms with E-state index in [-0.39, 0.29) is 6.42 Å². The molecule has 78 valence electrons. The van der Waals surface area contributed by atoms with Crippen LogP contribution in [0.5, 0.6) is 0 Å². The number of hydrogen-bond acceptors (Lipinski definition) is 3. The highest BCUT2D eigenvalue weighted by molar-refractivity contribution is 6.34. The van der Waals surface area contributed by atoms with Gasteiger partial charge >= 0.3 is 0 Å². The molecule has 1 aliphatic rings. The van der Waals surface area contributed by atoms with Crippen LogP contribution >= 0.6 is 11.6 Å². The molecule has 0 amide bonds. The minimum absolute atomic E-state index is 0.264. The first-order valence-corrected chi connectivity index (χ1v) is 4.88. The molecule has 1 atom stereocenters. The van der Waals surface area contributed by atoms with Gasteiger partial charge in [0.25, 0.3) is 5.79 Å². The summed E-state index contributed by atoms with van der Waals surface area (Å²) in [4.78, 5) is 4.88. The predicted octanol–water partition coefficient (Wildman–Crippen LogP) is 2.34. The van der Waals surface area contributed by atoms with E-state index in [1.807, 2.05) is 18.2 Å². The number of benzene rings is 1. The van der Waals surface area contributed by atoms with E-state index in [1.165, 1.54) is 6.08 Å².